The highest BCUT2D eigenvalue weighted by Crippen LogP contribution is 2.36. The SMILES string of the molecule is CCn1c(-c2ccccc2)nc(-c2ccccc2)c1C(=O)NC(c1ccccc1)C1CCCCC1. The summed E-state index contributed by atoms with van der Waals surface area (Å²) in [6.45, 7) is 2.74. The first-order chi connectivity index (χ1) is 17.3. The van der Waals surface area contributed by atoms with Crippen molar-refractivity contribution in [2.24, 2.45) is 5.92 Å². The van der Waals surface area contributed by atoms with Crippen LogP contribution < -0.4 is 5.32 Å². The molecule has 1 aliphatic rings. The lowest BCUT2D eigenvalue weighted by Gasteiger charge is -2.31. The minimum Gasteiger partial charge on any atom is -0.344 e. The van der Waals surface area contributed by atoms with Gasteiger partial charge in [0.25, 0.3) is 5.91 Å². The number of aromatic nitrogens is 2. The molecule has 35 heavy (non-hydrogen) atoms. The Bertz CT molecular complexity index is 1240. The molecule has 1 N–H and O–H groups in total. The molecule has 4 nitrogen and oxygen atoms in total. The van der Waals surface area contributed by atoms with Crippen LogP contribution in [0.4, 0.5) is 0 Å². The van der Waals surface area contributed by atoms with Crippen molar-refractivity contribution < 1.29 is 4.79 Å². The molecular formula is C31H33N3O. The molecule has 0 spiro atoms. The van der Waals surface area contributed by atoms with Gasteiger partial charge in [-0.3, -0.25) is 4.79 Å². The summed E-state index contributed by atoms with van der Waals surface area (Å²) in [6.07, 6.45) is 6.03. The third kappa shape index (κ3) is 4.93. The number of nitrogens with one attached hydrogen (secondary N) is 1. The van der Waals surface area contributed by atoms with Crippen LogP contribution in [0.2, 0.25) is 0 Å². The van der Waals surface area contributed by atoms with Gasteiger partial charge in [0.1, 0.15) is 17.2 Å². The number of benzene rings is 3. The molecule has 178 valence electrons. The highest BCUT2D eigenvalue weighted by molar-refractivity contribution is 5.99. The van der Waals surface area contributed by atoms with Crippen LogP contribution in [0.1, 0.15) is 61.1 Å². The summed E-state index contributed by atoms with van der Waals surface area (Å²) < 4.78 is 2.07. The lowest BCUT2D eigenvalue weighted by Crippen LogP contribution is -2.35. The predicted molar refractivity (Wildman–Crippen MR) is 142 cm³/mol. The summed E-state index contributed by atoms with van der Waals surface area (Å²) in [6, 6.07) is 30.6. The molecule has 4 aromatic rings. The molecule has 5 rings (SSSR count). The Labute approximate surface area is 208 Å². The van der Waals surface area contributed by atoms with Crippen molar-refractivity contribution in [3.8, 4) is 22.6 Å². The summed E-state index contributed by atoms with van der Waals surface area (Å²) >= 11 is 0. The van der Waals surface area contributed by atoms with Crippen molar-refractivity contribution >= 4 is 5.91 Å². The van der Waals surface area contributed by atoms with E-state index in [1.807, 2.05) is 54.6 Å². The van der Waals surface area contributed by atoms with Crippen LogP contribution in [0.15, 0.2) is 91.0 Å². The van der Waals surface area contributed by atoms with Gasteiger partial charge in [0, 0.05) is 17.7 Å². The zero-order valence-corrected chi connectivity index (χ0v) is 20.4. The molecule has 0 bridgehead atoms. The Kier molecular flexibility index (Phi) is 7.08. The van der Waals surface area contributed by atoms with E-state index in [1.165, 1.54) is 24.8 Å². The van der Waals surface area contributed by atoms with Crippen LogP contribution in [0.5, 0.6) is 0 Å². The average molecular weight is 464 g/mol. The van der Waals surface area contributed by atoms with E-state index in [4.69, 9.17) is 4.98 Å². The standard InChI is InChI=1S/C31H33N3O/c1-2-34-29(28(25-19-11-5-12-20-25)32-30(34)26-21-13-6-14-22-26)31(35)33-27(23-15-7-3-8-16-23)24-17-9-4-10-18-24/h3,5-8,11-16,19-22,24,27H,2,4,9-10,17-18H2,1H3,(H,33,35). The summed E-state index contributed by atoms with van der Waals surface area (Å²) in [5.41, 5.74) is 4.52. The fourth-order valence-electron chi connectivity index (χ4n) is 5.41. The molecule has 1 atom stereocenters. The Balaban J connectivity index is 1.59. The molecular weight excluding hydrogens is 430 g/mol. The summed E-state index contributed by atoms with van der Waals surface area (Å²) in [4.78, 5) is 19.2. The second-order valence-electron chi connectivity index (χ2n) is 9.37. The van der Waals surface area contributed by atoms with Crippen molar-refractivity contribution in [3.63, 3.8) is 0 Å². The molecule has 4 heteroatoms. The summed E-state index contributed by atoms with van der Waals surface area (Å²) in [5.74, 6) is 1.22. The smallest absolute Gasteiger partial charge is 0.270 e. The first kappa shape index (κ1) is 23.1. The first-order valence-corrected chi connectivity index (χ1v) is 12.8. The second kappa shape index (κ2) is 10.7. The average Bonchev–Trinajstić information content (AvgIpc) is 3.33. The van der Waals surface area contributed by atoms with Gasteiger partial charge in [-0.15, -0.1) is 0 Å². The van der Waals surface area contributed by atoms with Gasteiger partial charge < -0.3 is 9.88 Å². The number of hydrogen-bond donors (Lipinski definition) is 1. The van der Waals surface area contributed by atoms with Gasteiger partial charge in [0.05, 0.1) is 6.04 Å². The van der Waals surface area contributed by atoms with Gasteiger partial charge >= 0.3 is 0 Å². The minimum atomic E-state index is -0.0557. The summed E-state index contributed by atoms with van der Waals surface area (Å²) in [7, 11) is 0. The topological polar surface area (TPSA) is 46.9 Å². The monoisotopic (exact) mass is 463 g/mol. The highest BCUT2D eigenvalue weighted by atomic mass is 16.2. The fraction of sp³-hybridized carbons (Fsp3) is 0.290. The predicted octanol–water partition coefficient (Wildman–Crippen LogP) is 7.29. The molecule has 1 saturated carbocycles. The molecule has 1 amide bonds. The Hall–Kier alpha value is -3.66. The Morgan fingerprint density at radius 2 is 1.43 bits per heavy atom. The number of rotatable bonds is 7. The maximum absolute atomic E-state index is 14.1. The molecule has 1 heterocycles. The largest absolute Gasteiger partial charge is 0.344 e. The van der Waals surface area contributed by atoms with E-state index < -0.39 is 0 Å². The van der Waals surface area contributed by atoms with Crippen LogP contribution in [-0.4, -0.2) is 15.5 Å². The van der Waals surface area contributed by atoms with E-state index in [0.29, 0.717) is 18.2 Å². The second-order valence-corrected chi connectivity index (χ2v) is 9.37. The van der Waals surface area contributed by atoms with E-state index in [2.05, 4.69) is 53.2 Å². The van der Waals surface area contributed by atoms with E-state index in [-0.39, 0.29) is 11.9 Å². The number of nitrogens with zero attached hydrogens (tertiary/aromatic N) is 2. The molecule has 1 unspecified atom stereocenters. The number of amides is 1. The lowest BCUT2D eigenvalue weighted by atomic mass is 9.81. The number of carbonyl (C=O) groups excluding carboxylic acids is 1. The van der Waals surface area contributed by atoms with Crippen molar-refractivity contribution in [1.82, 2.24) is 14.9 Å². The minimum absolute atomic E-state index is 0.00648. The van der Waals surface area contributed by atoms with Gasteiger partial charge in [0.15, 0.2) is 0 Å². The normalized spacial score (nSPS) is 15.0. The van der Waals surface area contributed by atoms with Gasteiger partial charge in [-0.05, 0) is 31.2 Å². The van der Waals surface area contributed by atoms with Crippen LogP contribution in [0.25, 0.3) is 22.6 Å². The van der Waals surface area contributed by atoms with Gasteiger partial charge in [0.2, 0.25) is 0 Å². The van der Waals surface area contributed by atoms with E-state index in [0.717, 1.165) is 35.5 Å². The van der Waals surface area contributed by atoms with Crippen LogP contribution >= 0.6 is 0 Å². The van der Waals surface area contributed by atoms with E-state index in [9.17, 15) is 4.79 Å². The van der Waals surface area contributed by atoms with Gasteiger partial charge in [-0.25, -0.2) is 4.98 Å². The Morgan fingerprint density at radius 3 is 2.03 bits per heavy atom. The molecule has 3 aromatic carbocycles. The molecule has 0 saturated heterocycles. The lowest BCUT2D eigenvalue weighted by molar-refractivity contribution is 0.0904. The molecule has 0 radical (unpaired) electrons. The third-order valence-corrected chi connectivity index (χ3v) is 7.14. The Morgan fingerprint density at radius 1 is 0.857 bits per heavy atom. The summed E-state index contributed by atoms with van der Waals surface area (Å²) in [5, 5.41) is 3.47. The van der Waals surface area contributed by atoms with Crippen molar-refractivity contribution in [3.05, 3.63) is 102 Å². The maximum Gasteiger partial charge on any atom is 0.270 e. The van der Waals surface area contributed by atoms with Crippen molar-refractivity contribution in [2.75, 3.05) is 0 Å². The van der Waals surface area contributed by atoms with Crippen LogP contribution in [-0.2, 0) is 6.54 Å². The zero-order chi connectivity index (χ0) is 24.0. The quantitative estimate of drug-likeness (QED) is 0.313. The molecule has 1 aliphatic carbocycles. The van der Waals surface area contributed by atoms with E-state index >= 15 is 0 Å². The van der Waals surface area contributed by atoms with Crippen LogP contribution in [0.3, 0.4) is 0 Å². The number of carbonyl (C=O) groups is 1. The number of hydrogen-bond acceptors (Lipinski definition) is 2. The highest BCUT2D eigenvalue weighted by Gasteiger charge is 2.30. The molecule has 0 aliphatic heterocycles. The zero-order valence-electron chi connectivity index (χ0n) is 20.4. The van der Waals surface area contributed by atoms with Crippen molar-refractivity contribution in [2.45, 2.75) is 51.6 Å². The van der Waals surface area contributed by atoms with Gasteiger partial charge in [-0.2, -0.15) is 0 Å². The van der Waals surface area contributed by atoms with Crippen LogP contribution in [0, 0.1) is 5.92 Å². The van der Waals surface area contributed by atoms with Gasteiger partial charge in [-0.1, -0.05) is 110 Å². The molecule has 1 aromatic heterocycles. The molecule has 1 fully saturated rings. The first-order valence-electron chi connectivity index (χ1n) is 12.8. The number of imidazole rings is 1. The maximum atomic E-state index is 14.1. The van der Waals surface area contributed by atoms with E-state index in [1.54, 1.807) is 0 Å². The third-order valence-electron chi connectivity index (χ3n) is 7.14. The fourth-order valence-corrected chi connectivity index (χ4v) is 5.41. The van der Waals surface area contributed by atoms with Crippen molar-refractivity contribution in [1.29, 1.82) is 0 Å².